The molecule has 2 aromatic rings. The summed E-state index contributed by atoms with van der Waals surface area (Å²) in [6.45, 7) is 25.6. The normalized spacial score (nSPS) is 24.6. The van der Waals surface area contributed by atoms with Gasteiger partial charge in [0, 0.05) is 28.7 Å². The summed E-state index contributed by atoms with van der Waals surface area (Å²) in [5.41, 5.74) is 2.48. The van der Waals surface area contributed by atoms with Crippen molar-refractivity contribution in [2.45, 2.75) is 130 Å². The van der Waals surface area contributed by atoms with Gasteiger partial charge in [0.1, 0.15) is 0 Å². The van der Waals surface area contributed by atoms with Gasteiger partial charge in [0.15, 0.2) is 0 Å². The van der Waals surface area contributed by atoms with Gasteiger partial charge < -0.3 is 38.6 Å². The van der Waals surface area contributed by atoms with Crippen molar-refractivity contribution in [1.29, 1.82) is 0 Å². The summed E-state index contributed by atoms with van der Waals surface area (Å²) in [5, 5.41) is 5.57. The predicted octanol–water partition coefficient (Wildman–Crippen LogP) is 5.17. The molecular formula is C34H48B3BrN2O8. The molecule has 3 fully saturated rings. The van der Waals surface area contributed by atoms with Gasteiger partial charge in [-0.15, -0.1) is 0 Å². The van der Waals surface area contributed by atoms with Gasteiger partial charge in [0.2, 0.25) is 0 Å². The van der Waals surface area contributed by atoms with E-state index in [9.17, 15) is 9.59 Å². The minimum Gasteiger partial charge on any atom is -0.405 e. The van der Waals surface area contributed by atoms with Crippen LogP contribution in [0.1, 0.15) is 115 Å². The van der Waals surface area contributed by atoms with Crippen LogP contribution in [0.2, 0.25) is 0 Å². The smallest absolute Gasteiger partial charge is 0.405 e. The Morgan fingerprint density at radius 3 is 1.31 bits per heavy atom. The maximum absolute atomic E-state index is 11.5. The van der Waals surface area contributed by atoms with Gasteiger partial charge in [-0.25, -0.2) is 0 Å². The summed E-state index contributed by atoms with van der Waals surface area (Å²) < 4.78 is 36.9. The second-order valence-corrected chi connectivity index (χ2v) is 16.8. The quantitative estimate of drug-likeness (QED) is 0.408. The number of halogens is 1. The number of amides is 2. The van der Waals surface area contributed by atoms with Crippen LogP contribution in [0.25, 0.3) is 0 Å². The van der Waals surface area contributed by atoms with Gasteiger partial charge in [-0.2, -0.15) is 0 Å². The molecule has 5 aliphatic heterocycles. The first-order chi connectivity index (χ1) is 22.0. The number of fused-ring (bicyclic) bond motifs is 2. The first-order valence-corrected chi connectivity index (χ1v) is 17.3. The van der Waals surface area contributed by atoms with Gasteiger partial charge in [0.05, 0.1) is 33.6 Å². The van der Waals surface area contributed by atoms with Crippen molar-refractivity contribution in [2.24, 2.45) is 0 Å². The molecule has 14 heteroatoms. The van der Waals surface area contributed by atoms with Crippen LogP contribution in [0.3, 0.4) is 0 Å². The van der Waals surface area contributed by atoms with Crippen LogP contribution in [-0.2, 0) is 41.0 Å². The molecular weight excluding hydrogens is 677 g/mol. The van der Waals surface area contributed by atoms with E-state index in [4.69, 9.17) is 27.9 Å². The van der Waals surface area contributed by atoms with Crippen LogP contribution >= 0.6 is 15.9 Å². The van der Waals surface area contributed by atoms with E-state index in [1.165, 1.54) is 0 Å². The lowest BCUT2D eigenvalue weighted by molar-refractivity contribution is 0.00578. The minimum atomic E-state index is -0.476. The van der Waals surface area contributed by atoms with Crippen molar-refractivity contribution >= 4 is 54.3 Å². The fourth-order valence-electron chi connectivity index (χ4n) is 5.58. The molecule has 0 radical (unpaired) electrons. The first-order valence-electron chi connectivity index (χ1n) is 16.5. The molecule has 5 aliphatic rings. The lowest BCUT2D eigenvalue weighted by Gasteiger charge is -2.32. The lowest BCUT2D eigenvalue weighted by Crippen LogP contribution is -2.41. The summed E-state index contributed by atoms with van der Waals surface area (Å²) in [7, 11) is -1.32. The molecule has 0 unspecified atom stereocenters. The zero-order chi connectivity index (χ0) is 35.7. The van der Waals surface area contributed by atoms with Crippen molar-refractivity contribution in [3.8, 4) is 0 Å². The zero-order valence-electron chi connectivity index (χ0n) is 30.3. The second kappa shape index (κ2) is 12.5. The molecule has 2 aromatic carbocycles. The molecule has 0 aromatic heterocycles. The van der Waals surface area contributed by atoms with Crippen molar-refractivity contribution < 1.29 is 37.5 Å². The van der Waals surface area contributed by atoms with E-state index >= 15 is 0 Å². The Labute approximate surface area is 294 Å². The molecule has 258 valence electrons. The molecule has 0 bridgehead atoms. The summed E-state index contributed by atoms with van der Waals surface area (Å²) in [5.74, 6) is 0.0305. The molecule has 5 heterocycles. The molecule has 2 amide bonds. The summed E-state index contributed by atoms with van der Waals surface area (Å²) in [6.07, 6.45) is 0. The Morgan fingerprint density at radius 1 is 0.542 bits per heavy atom. The molecule has 0 atom stereocenters. The van der Waals surface area contributed by atoms with E-state index in [1.807, 2.05) is 119 Å². The molecule has 48 heavy (non-hydrogen) atoms. The van der Waals surface area contributed by atoms with Gasteiger partial charge in [-0.1, -0.05) is 28.1 Å². The molecule has 3 saturated heterocycles. The van der Waals surface area contributed by atoms with E-state index < -0.39 is 14.0 Å². The monoisotopic (exact) mass is 724 g/mol. The van der Waals surface area contributed by atoms with Gasteiger partial charge in [-0.05, 0) is 124 Å². The molecule has 0 spiro atoms. The number of hydrogen-bond acceptors (Lipinski definition) is 8. The molecule has 7 rings (SSSR count). The first kappa shape index (κ1) is 37.1. The number of carbonyl (C=O) groups is 2. The highest BCUT2D eigenvalue weighted by Crippen LogP contribution is 2.43. The summed E-state index contributed by atoms with van der Waals surface area (Å²) >= 11 is 3.35. The topological polar surface area (TPSA) is 114 Å². The summed E-state index contributed by atoms with van der Waals surface area (Å²) in [4.78, 5) is 22.6. The van der Waals surface area contributed by atoms with Gasteiger partial charge >= 0.3 is 21.1 Å². The van der Waals surface area contributed by atoms with E-state index in [1.54, 1.807) is 0 Å². The highest BCUT2D eigenvalue weighted by Gasteiger charge is 2.63. The fourth-order valence-corrected chi connectivity index (χ4v) is 5.99. The Hall–Kier alpha value is -2.19. The van der Waals surface area contributed by atoms with Crippen LogP contribution in [0, 0.1) is 0 Å². The molecule has 0 saturated carbocycles. The zero-order valence-corrected chi connectivity index (χ0v) is 31.8. The van der Waals surface area contributed by atoms with Crippen molar-refractivity contribution in [2.75, 3.05) is 0 Å². The summed E-state index contributed by atoms with van der Waals surface area (Å²) in [6, 6.07) is 11.4. The van der Waals surface area contributed by atoms with Crippen LogP contribution in [0.5, 0.6) is 0 Å². The number of nitrogens with one attached hydrogen (secondary N) is 2. The highest BCUT2D eigenvalue weighted by atomic mass is 79.9. The second-order valence-electron chi connectivity index (χ2n) is 15.9. The third-order valence-electron chi connectivity index (χ3n) is 10.9. The van der Waals surface area contributed by atoms with Crippen LogP contribution in [0.15, 0.2) is 40.9 Å². The van der Waals surface area contributed by atoms with Gasteiger partial charge in [-0.3, -0.25) is 9.59 Å². The van der Waals surface area contributed by atoms with Gasteiger partial charge in [0.25, 0.3) is 11.8 Å². The van der Waals surface area contributed by atoms with Crippen molar-refractivity contribution in [3.63, 3.8) is 0 Å². The number of rotatable bonds is 2. The molecule has 2 N–H and O–H groups in total. The lowest BCUT2D eigenvalue weighted by atomic mass is 9.49. The van der Waals surface area contributed by atoms with Crippen molar-refractivity contribution in [1.82, 2.24) is 10.6 Å². The Bertz CT molecular complexity index is 1510. The largest absolute Gasteiger partial charge is 0.494 e. The highest BCUT2D eigenvalue weighted by molar-refractivity contribution is 9.10. The average molecular weight is 725 g/mol. The SMILES string of the molecule is CC1(C)OB(B2OC(C)(C)C(C)(C)O2)OC1(C)C.CC1(C)OB(c2ccc3c(c2)CNC3=O)OC1(C)C.O=C1NCc2cc(Br)ccc21. The van der Waals surface area contributed by atoms with E-state index in [0.717, 1.165) is 32.2 Å². The number of carbonyl (C=O) groups excluding carboxylic acids is 2. The van der Waals surface area contributed by atoms with Crippen LogP contribution in [0.4, 0.5) is 0 Å². The Balaban J connectivity index is 0.000000146. The van der Waals surface area contributed by atoms with E-state index in [0.29, 0.717) is 13.1 Å². The van der Waals surface area contributed by atoms with Crippen molar-refractivity contribution in [3.05, 3.63) is 63.1 Å². The third-order valence-corrected chi connectivity index (χ3v) is 11.3. The van der Waals surface area contributed by atoms with E-state index in [-0.39, 0.29) is 52.5 Å². The minimum absolute atomic E-state index is 0.00420. The number of benzene rings is 2. The fraction of sp³-hybridized carbons (Fsp3) is 0.588. The Morgan fingerprint density at radius 2 is 0.896 bits per heavy atom. The van der Waals surface area contributed by atoms with Crippen LogP contribution in [-0.4, -0.2) is 66.6 Å². The predicted molar refractivity (Wildman–Crippen MR) is 191 cm³/mol. The molecule has 0 aliphatic carbocycles. The number of hydrogen-bond donors (Lipinski definition) is 2. The standard InChI is InChI=1S/C14H18BNO3.C12H24B2O4.C8H6BrNO/c1-13(2)14(3,4)19-15(18-13)10-5-6-11-9(7-10)8-16-12(11)17;1-9(2)10(3,4)16-13(15-9)14-17-11(5,6)12(7,8)18-14;9-6-1-2-7-5(3-6)4-10-8(7)11/h5-7H,8H2,1-4H3,(H,16,17);1-8H3;1-3H,4H2,(H,10,11). The molecule has 10 nitrogen and oxygen atoms in total. The van der Waals surface area contributed by atoms with Crippen LogP contribution < -0.4 is 16.1 Å². The van der Waals surface area contributed by atoms with E-state index in [2.05, 4.69) is 26.6 Å². The maximum atomic E-state index is 11.5. The Kier molecular flexibility index (Phi) is 9.69. The average Bonchev–Trinajstić information content (AvgIpc) is 3.69. The maximum Gasteiger partial charge on any atom is 0.494 e. The third kappa shape index (κ3) is 7.04.